The molecule has 1 aromatic heterocycles. The number of pyridine rings is 1. The van der Waals surface area contributed by atoms with E-state index >= 15 is 0 Å². The highest BCUT2D eigenvalue weighted by molar-refractivity contribution is 6.31. The van der Waals surface area contributed by atoms with Crippen molar-refractivity contribution in [2.45, 2.75) is 31.9 Å². The van der Waals surface area contributed by atoms with E-state index < -0.39 is 24.3 Å². The van der Waals surface area contributed by atoms with Gasteiger partial charge in [-0.15, -0.1) is 0 Å². The van der Waals surface area contributed by atoms with Crippen LogP contribution in [-0.4, -0.2) is 30.0 Å². The van der Waals surface area contributed by atoms with Crippen LogP contribution in [0.4, 0.5) is 26.3 Å². The number of hydrogen-bond acceptors (Lipinski definition) is 3. The summed E-state index contributed by atoms with van der Waals surface area (Å²) < 4.78 is 78.2. The maximum Gasteiger partial charge on any atom is 0.434 e. The lowest BCUT2D eigenvalue weighted by atomic mass is 10.3. The van der Waals surface area contributed by atoms with Crippen LogP contribution < -0.4 is 10.1 Å². The van der Waals surface area contributed by atoms with Gasteiger partial charge in [0, 0.05) is 12.6 Å². The predicted octanol–water partition coefficient (Wildman–Crippen LogP) is 3.72. The minimum Gasteiger partial charge on any atom is -0.455 e. The summed E-state index contributed by atoms with van der Waals surface area (Å²) in [7, 11) is 0. The summed E-state index contributed by atoms with van der Waals surface area (Å²) >= 11 is 5.75. The van der Waals surface area contributed by atoms with E-state index in [9.17, 15) is 26.3 Å². The first-order chi connectivity index (χ1) is 9.55. The Kier molecular flexibility index (Phi) is 5.68. The van der Waals surface area contributed by atoms with Crippen molar-refractivity contribution in [2.24, 2.45) is 0 Å². The average molecular weight is 337 g/mol. The molecular weight excluding hydrogens is 326 g/mol. The molecule has 0 aromatic carbocycles. The minimum atomic E-state index is -5.60. The van der Waals surface area contributed by atoms with Gasteiger partial charge in [-0.1, -0.05) is 18.5 Å². The Labute approximate surface area is 121 Å². The van der Waals surface area contributed by atoms with E-state index in [1.54, 1.807) is 6.92 Å². The third kappa shape index (κ3) is 5.24. The molecule has 3 nitrogen and oxygen atoms in total. The maximum atomic E-state index is 12.4. The topological polar surface area (TPSA) is 34.2 Å². The molecular formula is C11H11ClF6N2O. The van der Waals surface area contributed by atoms with E-state index in [-0.39, 0.29) is 17.3 Å². The molecule has 0 aliphatic rings. The number of aromatic nitrogens is 1. The molecule has 0 aliphatic heterocycles. The summed E-state index contributed by atoms with van der Waals surface area (Å²) in [4.78, 5) is 3.56. The van der Waals surface area contributed by atoms with Gasteiger partial charge in [0.1, 0.15) is 0 Å². The monoisotopic (exact) mass is 336 g/mol. The van der Waals surface area contributed by atoms with Gasteiger partial charge in [0.2, 0.25) is 5.88 Å². The molecule has 0 fully saturated rings. The lowest BCUT2D eigenvalue weighted by molar-refractivity contribution is -0.300. The molecule has 0 saturated carbocycles. The third-order valence-corrected chi connectivity index (χ3v) is 2.61. The van der Waals surface area contributed by atoms with Gasteiger partial charge < -0.3 is 10.1 Å². The number of rotatable bonds is 5. The first-order valence-electron chi connectivity index (χ1n) is 5.72. The van der Waals surface area contributed by atoms with Gasteiger partial charge in [-0.05, 0) is 12.6 Å². The highest BCUT2D eigenvalue weighted by Crippen LogP contribution is 2.36. The molecule has 0 amide bonds. The second-order valence-electron chi connectivity index (χ2n) is 3.94. The van der Waals surface area contributed by atoms with E-state index in [2.05, 4.69) is 15.0 Å². The van der Waals surface area contributed by atoms with Crippen LogP contribution in [0.25, 0.3) is 0 Å². The fourth-order valence-corrected chi connectivity index (χ4v) is 1.51. The van der Waals surface area contributed by atoms with Gasteiger partial charge in [0.25, 0.3) is 6.10 Å². The molecule has 0 saturated heterocycles. The minimum absolute atomic E-state index is 0.0925. The largest absolute Gasteiger partial charge is 0.455 e. The molecule has 1 N–H and O–H groups in total. The zero-order valence-corrected chi connectivity index (χ0v) is 11.4. The SMILES string of the molecule is CCNCc1nc(OC(C(F)(F)F)C(F)(F)F)ccc1Cl. The number of ether oxygens (including phenoxy) is 1. The lowest BCUT2D eigenvalue weighted by Crippen LogP contribution is -2.46. The van der Waals surface area contributed by atoms with E-state index in [1.165, 1.54) is 0 Å². The molecule has 1 aromatic rings. The molecule has 21 heavy (non-hydrogen) atoms. The van der Waals surface area contributed by atoms with Crippen molar-refractivity contribution >= 4 is 11.6 Å². The van der Waals surface area contributed by atoms with Crippen LogP contribution in [0.1, 0.15) is 12.6 Å². The van der Waals surface area contributed by atoms with Gasteiger partial charge in [-0.25, -0.2) is 4.98 Å². The summed E-state index contributed by atoms with van der Waals surface area (Å²) in [6.45, 7) is 2.38. The predicted molar refractivity (Wildman–Crippen MR) is 63.2 cm³/mol. The van der Waals surface area contributed by atoms with E-state index in [0.717, 1.165) is 12.1 Å². The molecule has 1 heterocycles. The summed E-state index contributed by atoms with van der Waals surface area (Å²) in [6.07, 6.45) is -15.1. The van der Waals surface area contributed by atoms with Crippen molar-refractivity contribution in [3.8, 4) is 5.88 Å². The van der Waals surface area contributed by atoms with Crippen molar-refractivity contribution in [2.75, 3.05) is 6.54 Å². The third-order valence-electron chi connectivity index (χ3n) is 2.27. The van der Waals surface area contributed by atoms with E-state index in [4.69, 9.17) is 11.6 Å². The van der Waals surface area contributed by atoms with Crippen LogP contribution in [0.5, 0.6) is 5.88 Å². The Hall–Kier alpha value is -1.22. The van der Waals surface area contributed by atoms with Crippen molar-refractivity contribution in [3.63, 3.8) is 0 Å². The Morgan fingerprint density at radius 3 is 2.24 bits per heavy atom. The van der Waals surface area contributed by atoms with E-state index in [1.807, 2.05) is 0 Å². The zero-order valence-electron chi connectivity index (χ0n) is 10.6. The molecule has 0 bridgehead atoms. The van der Waals surface area contributed by atoms with E-state index in [0.29, 0.717) is 6.54 Å². The summed E-state index contributed by atoms with van der Waals surface area (Å²) in [6, 6.07) is 1.97. The van der Waals surface area contributed by atoms with Crippen molar-refractivity contribution < 1.29 is 31.1 Å². The second-order valence-corrected chi connectivity index (χ2v) is 4.35. The zero-order chi connectivity index (χ0) is 16.3. The number of nitrogens with zero attached hydrogens (tertiary/aromatic N) is 1. The Bertz CT molecular complexity index is 463. The lowest BCUT2D eigenvalue weighted by Gasteiger charge is -2.23. The molecule has 0 atom stereocenters. The molecule has 0 aliphatic carbocycles. The molecule has 1 rings (SSSR count). The second kappa shape index (κ2) is 6.69. The van der Waals surface area contributed by atoms with Crippen LogP contribution in [-0.2, 0) is 6.54 Å². The fourth-order valence-electron chi connectivity index (χ4n) is 1.34. The summed E-state index contributed by atoms with van der Waals surface area (Å²) in [5.41, 5.74) is 0.0964. The van der Waals surface area contributed by atoms with Crippen molar-refractivity contribution in [3.05, 3.63) is 22.8 Å². The normalized spacial score (nSPS) is 12.8. The quantitative estimate of drug-likeness (QED) is 0.832. The van der Waals surface area contributed by atoms with Gasteiger partial charge in [0.15, 0.2) is 0 Å². The smallest absolute Gasteiger partial charge is 0.434 e. The highest BCUT2D eigenvalue weighted by atomic mass is 35.5. The number of hydrogen-bond donors (Lipinski definition) is 1. The van der Waals surface area contributed by atoms with Crippen LogP contribution in [0, 0.1) is 0 Å². The summed E-state index contributed by atoms with van der Waals surface area (Å²) in [5, 5.41) is 2.91. The molecule has 0 unspecified atom stereocenters. The Morgan fingerprint density at radius 1 is 1.19 bits per heavy atom. The van der Waals surface area contributed by atoms with Gasteiger partial charge in [0.05, 0.1) is 10.7 Å². The first kappa shape index (κ1) is 17.8. The van der Waals surface area contributed by atoms with Crippen LogP contribution in [0.3, 0.4) is 0 Å². The van der Waals surface area contributed by atoms with Crippen molar-refractivity contribution in [1.82, 2.24) is 10.3 Å². The van der Waals surface area contributed by atoms with Crippen LogP contribution >= 0.6 is 11.6 Å². The Morgan fingerprint density at radius 2 is 1.76 bits per heavy atom. The average Bonchev–Trinajstić information content (AvgIpc) is 2.33. The van der Waals surface area contributed by atoms with Gasteiger partial charge in [-0.3, -0.25) is 0 Å². The number of halogens is 7. The molecule has 0 radical (unpaired) electrons. The van der Waals surface area contributed by atoms with Gasteiger partial charge in [-0.2, -0.15) is 26.3 Å². The maximum absolute atomic E-state index is 12.4. The summed E-state index contributed by atoms with van der Waals surface area (Å²) in [5.74, 6) is -0.799. The fraction of sp³-hybridized carbons (Fsp3) is 0.545. The van der Waals surface area contributed by atoms with Crippen LogP contribution in [0.15, 0.2) is 12.1 Å². The van der Waals surface area contributed by atoms with Gasteiger partial charge >= 0.3 is 12.4 Å². The first-order valence-corrected chi connectivity index (χ1v) is 6.09. The van der Waals surface area contributed by atoms with Crippen LogP contribution in [0.2, 0.25) is 5.02 Å². The molecule has 120 valence electrons. The van der Waals surface area contributed by atoms with Crippen molar-refractivity contribution in [1.29, 1.82) is 0 Å². The highest BCUT2D eigenvalue weighted by Gasteiger charge is 2.59. The molecule has 0 spiro atoms. The Balaban J connectivity index is 3.00. The molecule has 10 heteroatoms. The number of alkyl halides is 6. The standard InChI is InChI=1S/C11H11ClF6N2O/c1-2-19-5-7-6(12)3-4-8(20-7)21-9(10(13,14)15)11(16,17)18/h3-4,9,19H,2,5H2,1H3. The number of nitrogens with one attached hydrogen (secondary N) is 1.